The van der Waals surface area contributed by atoms with Crippen molar-refractivity contribution in [3.05, 3.63) is 12.7 Å². The van der Waals surface area contributed by atoms with Crippen molar-refractivity contribution in [2.75, 3.05) is 12.4 Å². The predicted molar refractivity (Wildman–Crippen MR) is 78.1 cm³/mol. The highest BCUT2D eigenvalue weighted by molar-refractivity contribution is 8.00. The van der Waals surface area contributed by atoms with Gasteiger partial charge in [-0.1, -0.05) is 17.8 Å². The maximum Gasteiger partial charge on any atom is 0.389 e. The molecule has 7 heteroatoms. The van der Waals surface area contributed by atoms with Crippen LogP contribution in [-0.4, -0.2) is 29.5 Å². The Hall–Kier alpha value is -1.16. The number of oxime groups is 1. The molecule has 0 saturated heterocycles. The number of thioether (sulfide) groups is 1. The van der Waals surface area contributed by atoms with Crippen LogP contribution in [0, 0.1) is 17.2 Å². The molecule has 21 heavy (non-hydrogen) atoms. The fourth-order valence-corrected chi connectivity index (χ4v) is 3.35. The fraction of sp³-hybridized carbons (Fsp3) is 0.714. The molecule has 0 radical (unpaired) electrons. The maximum atomic E-state index is 12.1. The van der Waals surface area contributed by atoms with Crippen LogP contribution in [0.5, 0.6) is 0 Å². The van der Waals surface area contributed by atoms with E-state index in [0.29, 0.717) is 6.61 Å². The molecule has 0 amide bonds. The Kier molecular flexibility index (Phi) is 7.65. The molecule has 1 rings (SSSR count). The Morgan fingerprint density at radius 1 is 1.48 bits per heavy atom. The van der Waals surface area contributed by atoms with E-state index in [9.17, 15) is 13.2 Å². The van der Waals surface area contributed by atoms with Gasteiger partial charge in [0, 0.05) is 5.75 Å². The van der Waals surface area contributed by atoms with Crippen LogP contribution in [-0.2, 0) is 4.84 Å². The Balaban J connectivity index is 2.35. The number of rotatable bonds is 7. The number of hydrogen-bond acceptors (Lipinski definition) is 4. The van der Waals surface area contributed by atoms with E-state index < -0.39 is 12.6 Å². The zero-order valence-corrected chi connectivity index (χ0v) is 12.6. The molecule has 0 aromatic heterocycles. The number of halogens is 3. The van der Waals surface area contributed by atoms with E-state index >= 15 is 0 Å². The standard InChI is InChI=1S/C14H19F3N2OS/c1-2-8-20-19-12-5-3-11(4-6-12)13(10-18)21-9-7-14(15,16)17/h2,11,13H,1,3-9H2. The monoisotopic (exact) mass is 320 g/mol. The zero-order valence-electron chi connectivity index (χ0n) is 11.7. The average Bonchev–Trinajstić information content (AvgIpc) is 2.44. The van der Waals surface area contributed by atoms with E-state index in [4.69, 9.17) is 10.1 Å². The molecular weight excluding hydrogens is 301 g/mol. The molecule has 0 aromatic rings. The second-order valence-corrected chi connectivity index (χ2v) is 6.11. The summed E-state index contributed by atoms with van der Waals surface area (Å²) in [6.07, 6.45) is -0.369. The van der Waals surface area contributed by atoms with Gasteiger partial charge in [-0.05, 0) is 31.6 Å². The van der Waals surface area contributed by atoms with E-state index in [0.717, 1.165) is 43.2 Å². The van der Waals surface area contributed by atoms with Crippen LogP contribution in [0.25, 0.3) is 0 Å². The lowest BCUT2D eigenvalue weighted by Gasteiger charge is -2.26. The average molecular weight is 320 g/mol. The van der Waals surface area contributed by atoms with Crippen molar-refractivity contribution < 1.29 is 18.0 Å². The minimum atomic E-state index is -4.15. The van der Waals surface area contributed by atoms with Gasteiger partial charge in [0.1, 0.15) is 6.61 Å². The molecule has 1 aliphatic carbocycles. The Labute approximate surface area is 127 Å². The van der Waals surface area contributed by atoms with Crippen LogP contribution in [0.4, 0.5) is 13.2 Å². The number of alkyl halides is 3. The SMILES string of the molecule is C=CCON=C1CCC(C(C#N)SCCC(F)(F)F)CC1. The van der Waals surface area contributed by atoms with Crippen molar-refractivity contribution in [3.8, 4) is 6.07 Å². The van der Waals surface area contributed by atoms with Gasteiger partial charge in [-0.25, -0.2) is 0 Å². The first-order valence-electron chi connectivity index (χ1n) is 6.83. The molecule has 1 saturated carbocycles. The summed E-state index contributed by atoms with van der Waals surface area (Å²) in [6.45, 7) is 3.88. The van der Waals surface area contributed by atoms with Crippen molar-refractivity contribution in [2.24, 2.45) is 11.1 Å². The van der Waals surface area contributed by atoms with E-state index in [1.807, 2.05) is 0 Å². The quantitative estimate of drug-likeness (QED) is 0.399. The molecule has 1 atom stereocenters. The van der Waals surface area contributed by atoms with Crippen LogP contribution in [0.3, 0.4) is 0 Å². The Morgan fingerprint density at radius 2 is 2.14 bits per heavy atom. The minimum Gasteiger partial charge on any atom is -0.392 e. The topological polar surface area (TPSA) is 45.4 Å². The van der Waals surface area contributed by atoms with Gasteiger partial charge in [0.05, 0.1) is 23.5 Å². The van der Waals surface area contributed by atoms with E-state index in [1.165, 1.54) is 0 Å². The molecule has 1 aliphatic rings. The first kappa shape index (κ1) is 17.9. The van der Waals surface area contributed by atoms with Crippen LogP contribution in [0.1, 0.15) is 32.1 Å². The number of hydrogen-bond donors (Lipinski definition) is 0. The largest absolute Gasteiger partial charge is 0.392 e. The number of nitrogens with zero attached hydrogens (tertiary/aromatic N) is 2. The lowest BCUT2D eigenvalue weighted by atomic mass is 9.86. The van der Waals surface area contributed by atoms with Crippen LogP contribution < -0.4 is 0 Å². The lowest BCUT2D eigenvalue weighted by molar-refractivity contribution is -0.129. The van der Waals surface area contributed by atoms with Crippen molar-refractivity contribution in [2.45, 2.75) is 43.5 Å². The van der Waals surface area contributed by atoms with Gasteiger partial charge in [-0.2, -0.15) is 18.4 Å². The molecule has 0 bridgehead atoms. The van der Waals surface area contributed by atoms with Gasteiger partial charge in [-0.15, -0.1) is 11.8 Å². The van der Waals surface area contributed by atoms with Crippen LogP contribution in [0.15, 0.2) is 17.8 Å². The third kappa shape index (κ3) is 7.42. The molecule has 1 unspecified atom stereocenters. The van der Waals surface area contributed by atoms with Gasteiger partial charge in [0.2, 0.25) is 0 Å². The molecule has 3 nitrogen and oxygen atoms in total. The molecule has 0 aliphatic heterocycles. The lowest BCUT2D eigenvalue weighted by Crippen LogP contribution is -2.23. The zero-order chi connectivity index (χ0) is 15.7. The summed E-state index contributed by atoms with van der Waals surface area (Å²) in [4.78, 5) is 5.02. The van der Waals surface area contributed by atoms with Crippen molar-refractivity contribution in [1.82, 2.24) is 0 Å². The fourth-order valence-electron chi connectivity index (χ4n) is 2.13. The van der Waals surface area contributed by atoms with E-state index in [1.54, 1.807) is 6.08 Å². The normalized spacial score (nSPS) is 20.5. The summed E-state index contributed by atoms with van der Waals surface area (Å²) in [5.74, 6) is 0.0772. The van der Waals surface area contributed by atoms with E-state index in [-0.39, 0.29) is 16.9 Å². The van der Waals surface area contributed by atoms with Gasteiger partial charge in [-0.3, -0.25) is 0 Å². The van der Waals surface area contributed by atoms with E-state index in [2.05, 4.69) is 17.8 Å². The number of nitriles is 1. The summed E-state index contributed by atoms with van der Waals surface area (Å²) in [5, 5.41) is 12.8. The molecule has 0 N–H and O–H groups in total. The molecule has 0 spiro atoms. The third-order valence-corrected chi connectivity index (χ3v) is 4.52. The highest BCUT2D eigenvalue weighted by Crippen LogP contribution is 2.33. The highest BCUT2D eigenvalue weighted by atomic mass is 32.2. The van der Waals surface area contributed by atoms with Crippen molar-refractivity contribution in [3.63, 3.8) is 0 Å². The van der Waals surface area contributed by atoms with Gasteiger partial charge in [0.15, 0.2) is 0 Å². The van der Waals surface area contributed by atoms with Crippen LogP contribution in [0.2, 0.25) is 0 Å². The first-order chi connectivity index (χ1) is 9.96. The highest BCUT2D eigenvalue weighted by Gasteiger charge is 2.30. The summed E-state index contributed by atoms with van der Waals surface area (Å²) < 4.78 is 36.4. The second-order valence-electron chi connectivity index (χ2n) is 4.87. The maximum absolute atomic E-state index is 12.1. The smallest absolute Gasteiger partial charge is 0.389 e. The van der Waals surface area contributed by atoms with Gasteiger partial charge >= 0.3 is 6.18 Å². The predicted octanol–water partition coefficient (Wildman–Crippen LogP) is 4.31. The van der Waals surface area contributed by atoms with Gasteiger partial charge in [0.25, 0.3) is 0 Å². The summed E-state index contributed by atoms with van der Waals surface area (Å²) >= 11 is 1.11. The van der Waals surface area contributed by atoms with Crippen molar-refractivity contribution in [1.29, 1.82) is 5.26 Å². The van der Waals surface area contributed by atoms with Crippen molar-refractivity contribution >= 4 is 17.5 Å². The molecule has 1 fully saturated rings. The summed E-state index contributed by atoms with van der Waals surface area (Å²) in [6, 6.07) is 2.14. The van der Waals surface area contributed by atoms with Gasteiger partial charge < -0.3 is 4.84 Å². The molecule has 0 heterocycles. The second kappa shape index (κ2) is 8.98. The molecular formula is C14H19F3N2OS. The molecule has 118 valence electrons. The van der Waals surface area contributed by atoms with Crippen LogP contribution >= 0.6 is 11.8 Å². The molecule has 0 aromatic carbocycles. The Morgan fingerprint density at radius 3 is 2.67 bits per heavy atom. The summed E-state index contributed by atoms with van der Waals surface area (Å²) in [5.41, 5.74) is 0.949. The first-order valence-corrected chi connectivity index (χ1v) is 7.87. The minimum absolute atomic E-state index is 0.0539. The summed E-state index contributed by atoms with van der Waals surface area (Å²) in [7, 11) is 0. The Bertz CT molecular complexity index is 394. The third-order valence-electron chi connectivity index (χ3n) is 3.23.